The molecular weight excluding hydrogens is 341 g/mol. The third-order valence-corrected chi connectivity index (χ3v) is 3.95. The average molecular weight is 357 g/mol. The zero-order valence-electron chi connectivity index (χ0n) is 13.1. The number of halogens is 4. The van der Waals surface area contributed by atoms with Crippen LogP contribution in [-0.4, -0.2) is 23.9 Å². The van der Waals surface area contributed by atoms with Crippen LogP contribution in [0.5, 0.6) is 0 Å². The van der Waals surface area contributed by atoms with Gasteiger partial charge in [-0.15, -0.1) is 0 Å². The molecule has 1 unspecified atom stereocenters. The Balaban J connectivity index is 2.02. The Labute approximate surface area is 143 Å². The van der Waals surface area contributed by atoms with Gasteiger partial charge in [0.2, 0.25) is 5.91 Å². The number of hydrogen-bond donors (Lipinski definition) is 1. The van der Waals surface area contributed by atoms with Crippen LogP contribution in [0, 0.1) is 17.5 Å². The van der Waals surface area contributed by atoms with Gasteiger partial charge in [-0.3, -0.25) is 9.69 Å². The lowest BCUT2D eigenvalue weighted by Gasteiger charge is -2.24. The fourth-order valence-corrected chi connectivity index (χ4v) is 2.26. The van der Waals surface area contributed by atoms with Crippen molar-refractivity contribution >= 4 is 23.2 Å². The lowest BCUT2D eigenvalue weighted by molar-refractivity contribution is -0.120. The van der Waals surface area contributed by atoms with Crippen molar-refractivity contribution in [1.82, 2.24) is 4.90 Å². The minimum atomic E-state index is -0.667. The average Bonchev–Trinajstić information content (AvgIpc) is 2.52. The van der Waals surface area contributed by atoms with E-state index in [2.05, 4.69) is 5.32 Å². The van der Waals surface area contributed by atoms with E-state index in [0.29, 0.717) is 5.69 Å². The van der Waals surface area contributed by atoms with Gasteiger partial charge in [-0.25, -0.2) is 13.2 Å². The molecule has 0 saturated carbocycles. The van der Waals surface area contributed by atoms with Gasteiger partial charge in [0.1, 0.15) is 17.5 Å². The van der Waals surface area contributed by atoms with Gasteiger partial charge in [-0.1, -0.05) is 17.7 Å². The molecule has 0 heterocycles. The summed E-state index contributed by atoms with van der Waals surface area (Å²) in [6.45, 7) is 1.77. The van der Waals surface area contributed by atoms with Crippen LogP contribution >= 0.6 is 11.6 Å². The van der Waals surface area contributed by atoms with E-state index >= 15 is 0 Å². The third kappa shape index (κ3) is 4.49. The van der Waals surface area contributed by atoms with E-state index in [4.69, 9.17) is 11.6 Å². The van der Waals surface area contributed by atoms with E-state index in [0.717, 1.165) is 18.2 Å². The van der Waals surface area contributed by atoms with Crippen LogP contribution in [0.2, 0.25) is 5.02 Å². The number of carbonyl (C=O) groups is 1. The lowest BCUT2D eigenvalue weighted by atomic mass is 10.1. The molecule has 0 aromatic heterocycles. The predicted molar refractivity (Wildman–Crippen MR) is 87.3 cm³/mol. The maximum Gasteiger partial charge on any atom is 0.241 e. The first-order valence-corrected chi connectivity index (χ1v) is 7.56. The van der Waals surface area contributed by atoms with E-state index in [-0.39, 0.29) is 23.0 Å². The van der Waals surface area contributed by atoms with E-state index in [1.807, 2.05) is 0 Å². The van der Waals surface area contributed by atoms with E-state index in [9.17, 15) is 18.0 Å². The SMILES string of the molecule is CC(C(=O)Nc1ccc(F)c(Cl)c1)N(C)Cc1ccc(F)cc1F. The van der Waals surface area contributed by atoms with Crippen molar-refractivity contribution in [3.8, 4) is 0 Å². The summed E-state index contributed by atoms with van der Waals surface area (Å²) in [7, 11) is 1.64. The molecule has 0 radical (unpaired) electrons. The molecule has 7 heteroatoms. The Morgan fingerprint density at radius 1 is 1.17 bits per heavy atom. The highest BCUT2D eigenvalue weighted by Gasteiger charge is 2.20. The first kappa shape index (κ1) is 18.3. The zero-order valence-corrected chi connectivity index (χ0v) is 13.9. The summed E-state index contributed by atoms with van der Waals surface area (Å²) in [5, 5.41) is 2.52. The molecule has 1 atom stereocenters. The Morgan fingerprint density at radius 2 is 1.88 bits per heavy atom. The monoisotopic (exact) mass is 356 g/mol. The molecule has 0 aliphatic heterocycles. The molecule has 128 valence electrons. The summed E-state index contributed by atoms with van der Waals surface area (Å²) in [5.41, 5.74) is 0.642. The molecule has 1 amide bonds. The van der Waals surface area contributed by atoms with Crippen LogP contribution in [0.4, 0.5) is 18.9 Å². The van der Waals surface area contributed by atoms with Gasteiger partial charge in [-0.05, 0) is 38.2 Å². The van der Waals surface area contributed by atoms with Crippen LogP contribution in [0.1, 0.15) is 12.5 Å². The van der Waals surface area contributed by atoms with Crippen molar-refractivity contribution < 1.29 is 18.0 Å². The maximum atomic E-state index is 13.7. The number of likely N-dealkylation sites (N-methyl/N-ethyl adjacent to an activating group) is 1. The molecule has 0 aliphatic carbocycles. The number of nitrogens with one attached hydrogen (secondary N) is 1. The fraction of sp³-hybridized carbons (Fsp3) is 0.235. The summed E-state index contributed by atoms with van der Waals surface area (Å²) < 4.78 is 39.7. The molecule has 0 fully saturated rings. The number of benzene rings is 2. The first-order chi connectivity index (χ1) is 11.3. The second-order valence-corrected chi connectivity index (χ2v) is 5.85. The minimum Gasteiger partial charge on any atom is -0.325 e. The molecule has 0 aliphatic rings. The van der Waals surface area contributed by atoms with Crippen molar-refractivity contribution in [2.45, 2.75) is 19.5 Å². The maximum absolute atomic E-state index is 13.7. The highest BCUT2D eigenvalue weighted by atomic mass is 35.5. The summed E-state index contributed by atoms with van der Waals surface area (Å²) in [6.07, 6.45) is 0. The normalized spacial score (nSPS) is 12.3. The second kappa shape index (κ2) is 7.68. The van der Waals surface area contributed by atoms with Crippen LogP contribution in [0.25, 0.3) is 0 Å². The smallest absolute Gasteiger partial charge is 0.241 e. The highest BCUT2D eigenvalue weighted by Crippen LogP contribution is 2.20. The molecule has 0 bridgehead atoms. The van der Waals surface area contributed by atoms with Gasteiger partial charge in [0.25, 0.3) is 0 Å². The molecule has 3 nitrogen and oxygen atoms in total. The standard InChI is InChI=1S/C17H16ClF3N2O/c1-10(17(24)22-13-5-6-15(20)14(18)8-13)23(2)9-11-3-4-12(19)7-16(11)21/h3-8,10H,9H2,1-2H3,(H,22,24). The Morgan fingerprint density at radius 3 is 2.50 bits per heavy atom. The van der Waals surface area contributed by atoms with E-state index in [1.165, 1.54) is 18.2 Å². The Hall–Kier alpha value is -2.05. The summed E-state index contributed by atoms with van der Waals surface area (Å²) >= 11 is 5.67. The number of carbonyl (C=O) groups excluding carboxylic acids is 1. The van der Waals surface area contributed by atoms with E-state index < -0.39 is 23.5 Å². The number of amides is 1. The molecule has 24 heavy (non-hydrogen) atoms. The molecule has 1 N–H and O–H groups in total. The largest absolute Gasteiger partial charge is 0.325 e. The highest BCUT2D eigenvalue weighted by molar-refractivity contribution is 6.31. The van der Waals surface area contributed by atoms with Crippen LogP contribution in [0.15, 0.2) is 36.4 Å². The number of hydrogen-bond acceptors (Lipinski definition) is 2. The number of nitrogens with zero attached hydrogens (tertiary/aromatic N) is 1. The zero-order chi connectivity index (χ0) is 17.9. The topological polar surface area (TPSA) is 32.3 Å². The van der Waals surface area contributed by atoms with Gasteiger partial charge >= 0.3 is 0 Å². The summed E-state index contributed by atoms with van der Waals surface area (Å²) in [4.78, 5) is 13.8. The molecular formula is C17H16ClF3N2O. The van der Waals surface area contributed by atoms with Crippen molar-refractivity contribution in [3.05, 3.63) is 64.4 Å². The van der Waals surface area contributed by atoms with Crippen molar-refractivity contribution in [2.75, 3.05) is 12.4 Å². The van der Waals surface area contributed by atoms with Crippen LogP contribution < -0.4 is 5.32 Å². The van der Waals surface area contributed by atoms with Crippen molar-refractivity contribution in [1.29, 1.82) is 0 Å². The Kier molecular flexibility index (Phi) is 5.85. The minimum absolute atomic E-state index is 0.0952. The number of anilines is 1. The van der Waals surface area contributed by atoms with Gasteiger partial charge in [0, 0.05) is 23.9 Å². The molecule has 0 saturated heterocycles. The fourth-order valence-electron chi connectivity index (χ4n) is 2.08. The molecule has 2 aromatic carbocycles. The van der Waals surface area contributed by atoms with Crippen molar-refractivity contribution in [3.63, 3.8) is 0 Å². The van der Waals surface area contributed by atoms with Gasteiger partial charge < -0.3 is 5.32 Å². The molecule has 2 rings (SSSR count). The first-order valence-electron chi connectivity index (χ1n) is 7.18. The summed E-state index contributed by atoms with van der Waals surface area (Å²) in [6, 6.07) is 6.56. The van der Waals surface area contributed by atoms with Gasteiger partial charge in [0.05, 0.1) is 11.1 Å². The summed E-state index contributed by atoms with van der Waals surface area (Å²) in [5.74, 6) is -2.26. The Bertz CT molecular complexity index is 755. The third-order valence-electron chi connectivity index (χ3n) is 3.66. The second-order valence-electron chi connectivity index (χ2n) is 5.44. The van der Waals surface area contributed by atoms with Crippen molar-refractivity contribution in [2.24, 2.45) is 0 Å². The predicted octanol–water partition coefficient (Wildman–Crippen LogP) is 4.22. The van der Waals surface area contributed by atoms with Crippen LogP contribution in [-0.2, 0) is 11.3 Å². The van der Waals surface area contributed by atoms with E-state index in [1.54, 1.807) is 18.9 Å². The lowest BCUT2D eigenvalue weighted by Crippen LogP contribution is -2.39. The van der Waals surface area contributed by atoms with Gasteiger partial charge in [0.15, 0.2) is 0 Å². The molecule has 0 spiro atoms. The van der Waals surface area contributed by atoms with Crippen LogP contribution in [0.3, 0.4) is 0 Å². The molecule has 2 aromatic rings. The quantitative estimate of drug-likeness (QED) is 0.870. The number of rotatable bonds is 5. The van der Waals surface area contributed by atoms with Gasteiger partial charge in [-0.2, -0.15) is 0 Å².